The molecule has 0 aliphatic carbocycles. The van der Waals surface area contributed by atoms with Gasteiger partial charge in [0.2, 0.25) is 3.79 Å². The molecule has 1 heterocycles. The van der Waals surface area contributed by atoms with Gasteiger partial charge >= 0.3 is 0 Å². The van der Waals surface area contributed by atoms with Crippen LogP contribution in [-0.2, 0) is 0 Å². The van der Waals surface area contributed by atoms with E-state index in [0.717, 1.165) is 0 Å². The monoisotopic (exact) mass is 285 g/mol. The Hall–Kier alpha value is 0.140. The predicted octanol–water partition coefficient (Wildman–Crippen LogP) is 3.45. The number of hydrazone groups is 1. The zero-order valence-electron chi connectivity index (χ0n) is 10.2. The van der Waals surface area contributed by atoms with Gasteiger partial charge < -0.3 is 4.90 Å². The summed E-state index contributed by atoms with van der Waals surface area (Å²) < 4.78 is -1.39. The van der Waals surface area contributed by atoms with Crippen LogP contribution in [0.25, 0.3) is 0 Å². The molecule has 0 aromatic rings. The van der Waals surface area contributed by atoms with Crippen LogP contribution in [0.4, 0.5) is 0 Å². The van der Waals surface area contributed by atoms with Gasteiger partial charge in [0.05, 0.1) is 0 Å². The quantitative estimate of drug-likeness (QED) is 0.688. The molecule has 6 heteroatoms. The third-order valence-corrected chi connectivity index (χ3v) is 3.01. The highest BCUT2D eigenvalue weighted by molar-refractivity contribution is 6.68. The van der Waals surface area contributed by atoms with Crippen molar-refractivity contribution in [2.45, 2.75) is 56.2 Å². The van der Waals surface area contributed by atoms with Crippen molar-refractivity contribution in [3.8, 4) is 0 Å². The maximum Gasteiger partial charge on any atom is 0.230 e. The number of hydrogen-bond donors (Lipinski definition) is 0. The lowest BCUT2D eigenvalue weighted by atomic mass is 10.1. The van der Waals surface area contributed by atoms with Gasteiger partial charge in [-0.15, -0.1) is 0 Å². The molecule has 0 amide bonds. The second-order valence-electron chi connectivity index (χ2n) is 5.20. The highest BCUT2D eigenvalue weighted by Crippen LogP contribution is 2.40. The molecular weight excluding hydrogens is 268 g/mol. The average Bonchev–Trinajstić information content (AvgIpc) is 2.43. The number of hydrogen-bond acceptors (Lipinski definition) is 3. The van der Waals surface area contributed by atoms with Gasteiger partial charge in [0.25, 0.3) is 0 Å². The third-order valence-electron chi connectivity index (χ3n) is 2.42. The van der Waals surface area contributed by atoms with E-state index in [1.807, 2.05) is 23.8 Å². The van der Waals surface area contributed by atoms with E-state index < -0.39 is 3.79 Å². The summed E-state index contributed by atoms with van der Waals surface area (Å²) in [5.74, 6) is 0. The molecule has 1 rings (SSSR count). The van der Waals surface area contributed by atoms with Gasteiger partial charge in [-0.3, -0.25) is 5.01 Å². The number of halogens is 3. The Morgan fingerprint density at radius 3 is 2.00 bits per heavy atom. The van der Waals surface area contributed by atoms with Gasteiger partial charge in [-0.2, -0.15) is 5.10 Å². The summed E-state index contributed by atoms with van der Waals surface area (Å²) in [6.45, 7) is 10.2. The predicted molar refractivity (Wildman–Crippen MR) is 71.1 cm³/mol. The van der Waals surface area contributed by atoms with Gasteiger partial charge in [0, 0.05) is 11.6 Å². The Bertz CT molecular complexity index is 278. The molecule has 0 spiro atoms. The number of nitrogens with zero attached hydrogens (tertiary/aromatic N) is 3. The second-order valence-corrected chi connectivity index (χ2v) is 7.57. The van der Waals surface area contributed by atoms with Crippen LogP contribution < -0.4 is 0 Å². The summed E-state index contributed by atoms with van der Waals surface area (Å²) in [4.78, 5) is 1.97. The van der Waals surface area contributed by atoms with Crippen LogP contribution in [0, 0.1) is 0 Å². The SMILES string of the molecule is CC(C)N1N=CN(C(C)(C)C)C1C(Cl)(Cl)Cl. The van der Waals surface area contributed by atoms with Gasteiger partial charge in [-0.25, -0.2) is 0 Å². The topological polar surface area (TPSA) is 18.8 Å². The van der Waals surface area contributed by atoms with Crippen LogP contribution in [0.5, 0.6) is 0 Å². The van der Waals surface area contributed by atoms with Crippen LogP contribution in [0.15, 0.2) is 5.10 Å². The van der Waals surface area contributed by atoms with Crippen LogP contribution in [-0.4, -0.2) is 37.8 Å². The molecule has 0 bridgehead atoms. The molecular formula is C10H18Cl3N3. The maximum atomic E-state index is 6.05. The summed E-state index contributed by atoms with van der Waals surface area (Å²) in [6, 6.07) is 0.184. The zero-order chi connectivity index (χ0) is 12.7. The maximum absolute atomic E-state index is 6.05. The summed E-state index contributed by atoms with van der Waals surface area (Å²) >= 11 is 18.1. The molecule has 1 unspecified atom stereocenters. The van der Waals surface area contributed by atoms with Crippen LogP contribution in [0.2, 0.25) is 0 Å². The Kier molecular flexibility index (Phi) is 3.93. The Labute approximate surface area is 112 Å². The largest absolute Gasteiger partial charge is 0.331 e. The van der Waals surface area contributed by atoms with Gasteiger partial charge in [-0.05, 0) is 34.6 Å². The standard InChI is InChI=1S/C10H18Cl3N3/c1-7(2)16-8(10(11,12)13)15(6-14-16)9(3,4)5/h6-8H,1-5H3. The van der Waals surface area contributed by atoms with Gasteiger partial charge in [0.15, 0.2) is 6.17 Å². The van der Waals surface area contributed by atoms with Gasteiger partial charge in [0.1, 0.15) is 6.34 Å². The summed E-state index contributed by atoms with van der Waals surface area (Å²) in [6.07, 6.45) is 1.38. The normalized spacial score (nSPS) is 22.4. The van der Waals surface area contributed by atoms with E-state index in [0.29, 0.717) is 0 Å². The minimum atomic E-state index is -1.39. The first-order chi connectivity index (χ1) is 7.05. The molecule has 1 aliphatic rings. The van der Waals surface area contributed by atoms with Gasteiger partial charge in [-0.1, -0.05) is 34.8 Å². The number of rotatable bonds is 1. The van der Waals surface area contributed by atoms with E-state index >= 15 is 0 Å². The lowest BCUT2D eigenvalue weighted by Gasteiger charge is -2.43. The van der Waals surface area contributed by atoms with Crippen LogP contribution in [0.3, 0.4) is 0 Å². The summed E-state index contributed by atoms with van der Waals surface area (Å²) in [7, 11) is 0. The Morgan fingerprint density at radius 1 is 1.19 bits per heavy atom. The molecule has 16 heavy (non-hydrogen) atoms. The molecule has 94 valence electrons. The lowest BCUT2D eigenvalue weighted by molar-refractivity contribution is 0.0573. The zero-order valence-corrected chi connectivity index (χ0v) is 12.5. The first-order valence-corrected chi connectivity index (χ1v) is 6.36. The van der Waals surface area contributed by atoms with Crippen molar-refractivity contribution in [1.29, 1.82) is 0 Å². The van der Waals surface area contributed by atoms with E-state index in [4.69, 9.17) is 34.8 Å². The summed E-state index contributed by atoms with van der Waals surface area (Å²) in [5, 5.41) is 6.13. The van der Waals surface area contributed by atoms with Crippen molar-refractivity contribution < 1.29 is 0 Å². The van der Waals surface area contributed by atoms with Crippen molar-refractivity contribution in [3.05, 3.63) is 0 Å². The third kappa shape index (κ3) is 2.88. The molecule has 1 aliphatic heterocycles. The fourth-order valence-electron chi connectivity index (χ4n) is 1.63. The second kappa shape index (κ2) is 4.43. The molecule has 0 saturated heterocycles. The molecule has 0 N–H and O–H groups in total. The van der Waals surface area contributed by atoms with Crippen molar-refractivity contribution in [1.82, 2.24) is 9.91 Å². The molecule has 0 aromatic heterocycles. The highest BCUT2D eigenvalue weighted by atomic mass is 35.6. The minimum Gasteiger partial charge on any atom is -0.331 e. The van der Waals surface area contributed by atoms with Crippen LogP contribution >= 0.6 is 34.8 Å². The highest BCUT2D eigenvalue weighted by Gasteiger charge is 2.47. The van der Waals surface area contributed by atoms with E-state index in [9.17, 15) is 0 Å². The molecule has 0 radical (unpaired) electrons. The molecule has 1 atom stereocenters. The first kappa shape index (κ1) is 14.2. The average molecular weight is 287 g/mol. The lowest BCUT2D eigenvalue weighted by Crippen LogP contribution is -2.56. The number of alkyl halides is 3. The smallest absolute Gasteiger partial charge is 0.230 e. The summed E-state index contributed by atoms with van der Waals surface area (Å²) in [5.41, 5.74) is -0.137. The van der Waals surface area contributed by atoms with Crippen molar-refractivity contribution in [2.75, 3.05) is 0 Å². The van der Waals surface area contributed by atoms with Crippen molar-refractivity contribution >= 4 is 41.1 Å². The minimum absolute atomic E-state index is 0.137. The molecule has 0 aromatic carbocycles. The first-order valence-electron chi connectivity index (χ1n) is 5.22. The molecule has 0 saturated carbocycles. The fraction of sp³-hybridized carbons (Fsp3) is 0.900. The molecule has 3 nitrogen and oxygen atoms in total. The van der Waals surface area contributed by atoms with E-state index in [2.05, 4.69) is 25.9 Å². The van der Waals surface area contributed by atoms with Crippen molar-refractivity contribution in [2.24, 2.45) is 5.10 Å². The fourth-order valence-corrected chi connectivity index (χ4v) is 2.25. The van der Waals surface area contributed by atoms with E-state index in [1.54, 1.807) is 6.34 Å². The van der Waals surface area contributed by atoms with E-state index in [1.165, 1.54) is 0 Å². The van der Waals surface area contributed by atoms with E-state index in [-0.39, 0.29) is 17.7 Å². The van der Waals surface area contributed by atoms with Crippen molar-refractivity contribution in [3.63, 3.8) is 0 Å². The Balaban J connectivity index is 3.03. The molecule has 0 fully saturated rings. The van der Waals surface area contributed by atoms with Crippen LogP contribution in [0.1, 0.15) is 34.6 Å². The Morgan fingerprint density at radius 2 is 1.69 bits per heavy atom.